The van der Waals surface area contributed by atoms with Crippen LogP contribution in [0.3, 0.4) is 0 Å². The van der Waals surface area contributed by atoms with Gasteiger partial charge < -0.3 is 24.8 Å². The second-order valence-electron chi connectivity index (χ2n) is 16.0. The first-order chi connectivity index (χ1) is 16.5. The molecule has 0 radical (unpaired) electrons. The van der Waals surface area contributed by atoms with Gasteiger partial charge in [-0.05, 0) is 117 Å². The van der Waals surface area contributed by atoms with Gasteiger partial charge in [0, 0.05) is 13.0 Å². The van der Waals surface area contributed by atoms with Crippen molar-refractivity contribution in [3.05, 3.63) is 0 Å². The number of fused-ring (bicyclic) bond motifs is 2. The second kappa shape index (κ2) is 7.30. The molecule has 0 aromatic heterocycles. The summed E-state index contributed by atoms with van der Waals surface area (Å²) in [5, 5.41) is 34.5. The Bertz CT molecular complexity index is 932. The molecule has 5 heteroatoms. The third kappa shape index (κ3) is 2.81. The van der Waals surface area contributed by atoms with Gasteiger partial charge in [-0.15, -0.1) is 0 Å². The Morgan fingerprint density at radius 2 is 1.50 bits per heavy atom. The summed E-state index contributed by atoms with van der Waals surface area (Å²) in [6, 6.07) is 0. The number of methoxy groups -OCH3 is 1. The minimum Gasteiger partial charge on any atom is -0.393 e. The van der Waals surface area contributed by atoms with E-state index in [1.165, 1.54) is 12.8 Å². The lowest BCUT2D eigenvalue weighted by Gasteiger charge is -2.64. The van der Waals surface area contributed by atoms with Gasteiger partial charge in [0.25, 0.3) is 0 Å². The van der Waals surface area contributed by atoms with Crippen LogP contribution in [0.25, 0.3) is 0 Å². The molecular formula is C31H52O5. The monoisotopic (exact) mass is 504 g/mol. The van der Waals surface area contributed by atoms with E-state index >= 15 is 0 Å². The summed E-state index contributed by atoms with van der Waals surface area (Å²) in [5.41, 5.74) is -0.619. The van der Waals surface area contributed by atoms with Crippen LogP contribution in [-0.2, 0) is 9.47 Å². The van der Waals surface area contributed by atoms with Crippen molar-refractivity contribution in [3.63, 3.8) is 0 Å². The van der Waals surface area contributed by atoms with Gasteiger partial charge in [-0.3, -0.25) is 0 Å². The molecule has 6 fully saturated rings. The molecule has 0 bridgehead atoms. The van der Waals surface area contributed by atoms with E-state index in [1.54, 1.807) is 7.11 Å². The molecule has 2 spiro atoms. The molecule has 0 aromatic rings. The molecule has 0 unspecified atom stereocenters. The Hall–Kier alpha value is -0.200. The highest BCUT2D eigenvalue weighted by molar-refractivity contribution is 5.33. The molecule has 0 aromatic carbocycles. The largest absolute Gasteiger partial charge is 0.393 e. The minimum atomic E-state index is -0.390. The fraction of sp³-hybridized carbons (Fsp3) is 1.00. The summed E-state index contributed by atoms with van der Waals surface area (Å²) >= 11 is 0. The van der Waals surface area contributed by atoms with E-state index in [0.29, 0.717) is 5.92 Å². The predicted molar refractivity (Wildman–Crippen MR) is 139 cm³/mol. The van der Waals surface area contributed by atoms with Crippen molar-refractivity contribution in [1.82, 2.24) is 0 Å². The standard InChI is InChI=1S/C31H52O5/c1-25(2)21(34)9-12-31-17-30(31)14-13-27(5)24(29(7)11-10-22(36-29)26(3,4)35-8)19(33)16-28(27,6)20(30)15-18(32)23(25)31/h18-24,32-34H,9-17H2,1-8H3/t18-,19-,20-,21-,22-,23-,24-,27+,28-,29+,30-,31+/m0/s1. The van der Waals surface area contributed by atoms with Crippen molar-refractivity contribution in [3.8, 4) is 0 Å². The van der Waals surface area contributed by atoms with E-state index in [0.717, 1.165) is 44.9 Å². The molecule has 5 nitrogen and oxygen atoms in total. The Kier molecular flexibility index (Phi) is 5.28. The van der Waals surface area contributed by atoms with Crippen molar-refractivity contribution in [1.29, 1.82) is 0 Å². The van der Waals surface area contributed by atoms with Crippen LogP contribution < -0.4 is 0 Å². The molecule has 6 rings (SSSR count). The van der Waals surface area contributed by atoms with Gasteiger partial charge in [0.15, 0.2) is 0 Å². The molecule has 0 amide bonds. The Morgan fingerprint density at radius 1 is 0.806 bits per heavy atom. The van der Waals surface area contributed by atoms with Crippen molar-refractivity contribution in [2.75, 3.05) is 7.11 Å². The SMILES string of the molecule is COC(C)(C)[C@@H]1CC[C@](C)([C@H]2[C@@H](O)C[C@@]3(C)[C@@H]4C[C@H](O)[C@H]5C(C)(C)[C@@H](O)CC[C@@]56C[C@@]46CC[C@]23C)O1. The maximum absolute atomic E-state index is 11.8. The van der Waals surface area contributed by atoms with Crippen molar-refractivity contribution in [2.45, 2.75) is 142 Å². The van der Waals surface area contributed by atoms with Gasteiger partial charge >= 0.3 is 0 Å². The van der Waals surface area contributed by atoms with E-state index in [2.05, 4.69) is 48.5 Å². The lowest BCUT2D eigenvalue weighted by Crippen LogP contribution is -2.62. The fourth-order valence-electron chi connectivity index (χ4n) is 12.3. The van der Waals surface area contributed by atoms with Crippen LogP contribution in [0.1, 0.15) is 106 Å². The zero-order valence-electron chi connectivity index (χ0n) is 24.1. The Morgan fingerprint density at radius 3 is 2.17 bits per heavy atom. The van der Waals surface area contributed by atoms with Crippen molar-refractivity contribution in [2.24, 2.45) is 44.8 Å². The summed E-state index contributed by atoms with van der Waals surface area (Å²) < 4.78 is 12.7. The van der Waals surface area contributed by atoms with Gasteiger partial charge in [-0.25, -0.2) is 0 Å². The average Bonchev–Trinajstić information content (AvgIpc) is 3.15. The van der Waals surface area contributed by atoms with Crippen LogP contribution >= 0.6 is 0 Å². The summed E-state index contributed by atoms with van der Waals surface area (Å²) in [7, 11) is 1.76. The number of hydrogen-bond acceptors (Lipinski definition) is 5. The van der Waals surface area contributed by atoms with Crippen LogP contribution in [-0.4, -0.2) is 58.0 Å². The highest BCUT2D eigenvalue weighted by Gasteiger charge is 2.84. The normalized spacial score (nSPS) is 59.6. The van der Waals surface area contributed by atoms with Gasteiger partial charge in [-0.2, -0.15) is 0 Å². The smallest absolute Gasteiger partial charge is 0.0883 e. The topological polar surface area (TPSA) is 79.2 Å². The van der Waals surface area contributed by atoms with Crippen molar-refractivity contribution < 1.29 is 24.8 Å². The lowest BCUT2D eigenvalue weighted by atomic mass is 9.41. The van der Waals surface area contributed by atoms with Gasteiger partial charge in [0.2, 0.25) is 0 Å². The number of ether oxygens (including phenoxy) is 2. The molecule has 5 saturated carbocycles. The molecule has 3 N–H and O–H groups in total. The third-order valence-corrected chi connectivity index (χ3v) is 14.3. The Balaban J connectivity index is 1.35. The maximum atomic E-state index is 11.8. The van der Waals surface area contributed by atoms with Crippen LogP contribution in [0.4, 0.5) is 0 Å². The molecule has 1 aliphatic heterocycles. The predicted octanol–water partition coefficient (Wildman–Crippen LogP) is 5.09. The van der Waals surface area contributed by atoms with Crippen LogP contribution in [0, 0.1) is 44.8 Å². The first kappa shape index (κ1) is 26.0. The zero-order chi connectivity index (χ0) is 26.3. The van der Waals surface area contributed by atoms with Crippen LogP contribution in [0.2, 0.25) is 0 Å². The van der Waals surface area contributed by atoms with Gasteiger partial charge in [0.05, 0.1) is 35.6 Å². The van der Waals surface area contributed by atoms with E-state index < -0.39 is 6.10 Å². The first-order valence-electron chi connectivity index (χ1n) is 14.8. The molecule has 36 heavy (non-hydrogen) atoms. The average molecular weight is 505 g/mol. The molecule has 206 valence electrons. The molecule has 12 atom stereocenters. The van der Waals surface area contributed by atoms with Crippen LogP contribution in [0.5, 0.6) is 0 Å². The second-order valence-corrected chi connectivity index (χ2v) is 16.0. The zero-order valence-corrected chi connectivity index (χ0v) is 24.1. The quantitative estimate of drug-likeness (QED) is 0.499. The molecule has 1 heterocycles. The Labute approximate surface area is 218 Å². The third-order valence-electron chi connectivity index (χ3n) is 14.3. The van der Waals surface area contributed by atoms with E-state index in [-0.39, 0.29) is 68.4 Å². The number of hydrogen-bond donors (Lipinski definition) is 3. The van der Waals surface area contributed by atoms with Gasteiger partial charge in [-0.1, -0.05) is 27.7 Å². The molecular weight excluding hydrogens is 452 g/mol. The number of aliphatic hydroxyl groups excluding tert-OH is 3. The van der Waals surface area contributed by atoms with Gasteiger partial charge in [0.1, 0.15) is 0 Å². The number of aliphatic hydroxyl groups is 3. The number of rotatable bonds is 3. The summed E-state index contributed by atoms with van der Waals surface area (Å²) in [6.45, 7) is 15.8. The molecule has 5 aliphatic carbocycles. The fourth-order valence-corrected chi connectivity index (χ4v) is 12.3. The molecule has 1 saturated heterocycles. The summed E-state index contributed by atoms with van der Waals surface area (Å²) in [4.78, 5) is 0. The maximum Gasteiger partial charge on any atom is 0.0883 e. The summed E-state index contributed by atoms with van der Waals surface area (Å²) in [6.07, 6.45) is 7.86. The summed E-state index contributed by atoms with van der Waals surface area (Å²) in [5.74, 6) is 0.670. The van der Waals surface area contributed by atoms with Crippen LogP contribution in [0.15, 0.2) is 0 Å². The van der Waals surface area contributed by atoms with Crippen molar-refractivity contribution >= 4 is 0 Å². The highest BCUT2D eigenvalue weighted by Crippen LogP contribution is 2.89. The molecule has 6 aliphatic rings. The van der Waals surface area contributed by atoms with E-state index in [4.69, 9.17) is 9.47 Å². The first-order valence-corrected chi connectivity index (χ1v) is 14.8. The highest BCUT2D eigenvalue weighted by atomic mass is 16.6. The minimum absolute atomic E-state index is 0.0324. The van der Waals surface area contributed by atoms with E-state index in [1.807, 2.05) is 0 Å². The van der Waals surface area contributed by atoms with E-state index in [9.17, 15) is 15.3 Å². The lowest BCUT2D eigenvalue weighted by molar-refractivity contribution is -0.214.